The highest BCUT2D eigenvalue weighted by atomic mass is 127. The highest BCUT2D eigenvalue weighted by Gasteiger charge is 2.13. The molecule has 1 aromatic rings. The first-order valence-corrected chi connectivity index (χ1v) is 6.97. The number of hydrogen-bond acceptors (Lipinski definition) is 4. The Morgan fingerprint density at radius 2 is 2.00 bits per heavy atom. The second-order valence-corrected chi connectivity index (χ2v) is 5.30. The minimum Gasteiger partial charge on any atom is -0.497 e. The largest absolute Gasteiger partial charge is 0.497 e. The van der Waals surface area contributed by atoms with Gasteiger partial charge in [0.2, 0.25) is 0 Å². The Hall–Kier alpha value is -0.820. The van der Waals surface area contributed by atoms with Crippen LogP contribution < -0.4 is 10.1 Å². The lowest BCUT2D eigenvalue weighted by Gasteiger charge is -2.09. The van der Waals surface area contributed by atoms with Crippen LogP contribution in [-0.4, -0.2) is 37.2 Å². The zero-order valence-electron chi connectivity index (χ0n) is 10.6. The number of ether oxygens (including phenoxy) is 2. The number of esters is 1. The van der Waals surface area contributed by atoms with Gasteiger partial charge in [-0.05, 0) is 30.7 Å². The molecular formula is C13H18INO3. The molecule has 100 valence electrons. The number of methoxy groups -OCH3 is 2. The van der Waals surface area contributed by atoms with Gasteiger partial charge in [-0.2, -0.15) is 0 Å². The van der Waals surface area contributed by atoms with Crippen molar-refractivity contribution in [2.24, 2.45) is 0 Å². The fourth-order valence-corrected chi connectivity index (χ4v) is 2.03. The minimum atomic E-state index is -0.187. The number of carbonyl (C=O) groups excluding carboxylic acids is 1. The molecule has 1 aromatic carbocycles. The molecule has 0 bridgehead atoms. The topological polar surface area (TPSA) is 47.6 Å². The predicted molar refractivity (Wildman–Crippen MR) is 79.4 cm³/mol. The first-order valence-electron chi connectivity index (χ1n) is 5.73. The molecule has 0 fully saturated rings. The van der Waals surface area contributed by atoms with E-state index in [0.29, 0.717) is 6.54 Å². The zero-order valence-corrected chi connectivity index (χ0v) is 12.8. The molecule has 1 unspecified atom stereocenters. The number of halogens is 1. The predicted octanol–water partition coefficient (Wildman–Crippen LogP) is 1.80. The van der Waals surface area contributed by atoms with E-state index in [-0.39, 0.29) is 9.89 Å². The van der Waals surface area contributed by atoms with Crippen molar-refractivity contribution in [3.05, 3.63) is 29.8 Å². The van der Waals surface area contributed by atoms with Crippen LogP contribution in [0.15, 0.2) is 24.3 Å². The lowest BCUT2D eigenvalue weighted by molar-refractivity contribution is -0.139. The van der Waals surface area contributed by atoms with Crippen molar-refractivity contribution in [1.82, 2.24) is 5.32 Å². The third-order valence-electron chi connectivity index (χ3n) is 2.53. The summed E-state index contributed by atoms with van der Waals surface area (Å²) in [5.41, 5.74) is 1.24. The van der Waals surface area contributed by atoms with Gasteiger partial charge in [-0.25, -0.2) is 0 Å². The summed E-state index contributed by atoms with van der Waals surface area (Å²) in [5, 5.41) is 3.24. The molecule has 0 radical (unpaired) electrons. The molecule has 4 nitrogen and oxygen atoms in total. The summed E-state index contributed by atoms with van der Waals surface area (Å²) in [7, 11) is 3.06. The summed E-state index contributed by atoms with van der Waals surface area (Å²) >= 11 is 2.08. The minimum absolute atomic E-state index is 0.136. The van der Waals surface area contributed by atoms with E-state index < -0.39 is 0 Å². The number of carbonyl (C=O) groups is 1. The van der Waals surface area contributed by atoms with Crippen molar-refractivity contribution in [1.29, 1.82) is 0 Å². The molecule has 1 N–H and O–H groups in total. The average Bonchev–Trinajstić information content (AvgIpc) is 2.43. The maximum absolute atomic E-state index is 11.2. The van der Waals surface area contributed by atoms with E-state index in [1.165, 1.54) is 12.7 Å². The maximum atomic E-state index is 11.2. The molecule has 0 spiro atoms. The van der Waals surface area contributed by atoms with Gasteiger partial charge in [-0.3, -0.25) is 4.79 Å². The van der Waals surface area contributed by atoms with E-state index in [0.717, 1.165) is 18.7 Å². The lowest BCUT2D eigenvalue weighted by Crippen LogP contribution is -2.30. The lowest BCUT2D eigenvalue weighted by atomic mass is 10.1. The van der Waals surface area contributed by atoms with Gasteiger partial charge in [-0.1, -0.05) is 34.7 Å². The van der Waals surface area contributed by atoms with Crippen LogP contribution in [-0.2, 0) is 16.0 Å². The van der Waals surface area contributed by atoms with E-state index in [1.807, 2.05) is 24.3 Å². The van der Waals surface area contributed by atoms with Crippen LogP contribution in [0.2, 0.25) is 0 Å². The molecular weight excluding hydrogens is 345 g/mol. The Labute approximate surface area is 121 Å². The highest BCUT2D eigenvalue weighted by Crippen LogP contribution is 2.11. The van der Waals surface area contributed by atoms with Crippen molar-refractivity contribution in [2.45, 2.75) is 10.3 Å². The average molecular weight is 363 g/mol. The summed E-state index contributed by atoms with van der Waals surface area (Å²) in [6.07, 6.45) is 0.925. The second kappa shape index (κ2) is 8.31. The Morgan fingerprint density at radius 1 is 1.33 bits per heavy atom. The van der Waals surface area contributed by atoms with Gasteiger partial charge < -0.3 is 14.8 Å². The van der Waals surface area contributed by atoms with Gasteiger partial charge in [0.15, 0.2) is 0 Å². The summed E-state index contributed by atoms with van der Waals surface area (Å²) < 4.78 is 9.61. The van der Waals surface area contributed by atoms with Crippen LogP contribution >= 0.6 is 22.6 Å². The molecule has 0 aromatic heterocycles. The Morgan fingerprint density at radius 3 is 2.56 bits per heavy atom. The molecule has 0 amide bonds. The Kier molecular flexibility index (Phi) is 7.04. The van der Waals surface area contributed by atoms with Crippen LogP contribution in [0.25, 0.3) is 0 Å². The molecule has 1 atom stereocenters. The maximum Gasteiger partial charge on any atom is 0.319 e. The van der Waals surface area contributed by atoms with Crippen molar-refractivity contribution in [3.63, 3.8) is 0 Å². The number of rotatable bonds is 7. The normalized spacial score (nSPS) is 11.9. The van der Waals surface area contributed by atoms with Crippen molar-refractivity contribution in [3.8, 4) is 5.75 Å². The third kappa shape index (κ3) is 5.22. The summed E-state index contributed by atoms with van der Waals surface area (Å²) in [6.45, 7) is 1.46. The molecule has 0 aliphatic rings. The molecule has 5 heteroatoms. The number of hydrogen-bond donors (Lipinski definition) is 1. The number of alkyl halides is 1. The van der Waals surface area contributed by atoms with E-state index in [1.54, 1.807) is 7.11 Å². The van der Waals surface area contributed by atoms with Crippen LogP contribution in [0, 0.1) is 0 Å². The van der Waals surface area contributed by atoms with Crippen LogP contribution in [0.3, 0.4) is 0 Å². The quantitative estimate of drug-likeness (QED) is 0.347. The van der Waals surface area contributed by atoms with Gasteiger partial charge >= 0.3 is 5.97 Å². The molecule has 0 saturated carbocycles. The van der Waals surface area contributed by atoms with Crippen LogP contribution in [0.5, 0.6) is 5.75 Å². The van der Waals surface area contributed by atoms with Crippen LogP contribution in [0.1, 0.15) is 5.56 Å². The van der Waals surface area contributed by atoms with E-state index in [4.69, 9.17) is 4.74 Å². The van der Waals surface area contributed by atoms with E-state index in [2.05, 4.69) is 32.6 Å². The fraction of sp³-hybridized carbons (Fsp3) is 0.462. The van der Waals surface area contributed by atoms with Crippen molar-refractivity contribution >= 4 is 28.6 Å². The number of benzene rings is 1. The van der Waals surface area contributed by atoms with E-state index in [9.17, 15) is 4.79 Å². The first-order chi connectivity index (χ1) is 8.67. The fourth-order valence-electron chi connectivity index (χ4n) is 1.46. The summed E-state index contributed by atoms with van der Waals surface area (Å²) in [4.78, 5) is 11.2. The van der Waals surface area contributed by atoms with Gasteiger partial charge in [0.25, 0.3) is 0 Å². The van der Waals surface area contributed by atoms with Crippen molar-refractivity contribution < 1.29 is 14.3 Å². The molecule has 18 heavy (non-hydrogen) atoms. The second-order valence-electron chi connectivity index (χ2n) is 3.79. The third-order valence-corrected chi connectivity index (χ3v) is 3.48. The molecule has 0 aliphatic carbocycles. The van der Waals surface area contributed by atoms with Crippen LogP contribution in [0.4, 0.5) is 0 Å². The number of nitrogens with one attached hydrogen (secondary N) is 1. The van der Waals surface area contributed by atoms with Gasteiger partial charge in [0.1, 0.15) is 9.67 Å². The van der Waals surface area contributed by atoms with Gasteiger partial charge in [0, 0.05) is 6.54 Å². The van der Waals surface area contributed by atoms with Gasteiger partial charge in [0.05, 0.1) is 14.2 Å². The molecule has 1 rings (SSSR count). The van der Waals surface area contributed by atoms with Gasteiger partial charge in [-0.15, -0.1) is 0 Å². The van der Waals surface area contributed by atoms with Crippen molar-refractivity contribution in [2.75, 3.05) is 27.3 Å². The monoisotopic (exact) mass is 363 g/mol. The van der Waals surface area contributed by atoms with E-state index >= 15 is 0 Å². The molecule has 0 heterocycles. The Bertz CT molecular complexity index is 367. The first kappa shape index (κ1) is 15.2. The zero-order chi connectivity index (χ0) is 13.4. The highest BCUT2D eigenvalue weighted by molar-refractivity contribution is 14.1. The summed E-state index contributed by atoms with van der Waals surface area (Å²) in [6, 6.07) is 7.99. The molecule has 0 saturated heterocycles. The SMILES string of the molecule is COC(=O)C(I)CNCCc1ccc(OC)cc1. The summed E-state index contributed by atoms with van der Waals surface area (Å²) in [5.74, 6) is 0.678. The standard InChI is InChI=1S/C13H18INO3/c1-17-11-5-3-10(4-6-11)7-8-15-9-12(14)13(16)18-2/h3-6,12,15H,7-9H2,1-2H3. The Balaban J connectivity index is 2.23. The molecule has 0 aliphatic heterocycles. The smallest absolute Gasteiger partial charge is 0.319 e.